The van der Waals surface area contributed by atoms with Crippen LogP contribution in [-0.2, 0) is 30.4 Å². The van der Waals surface area contributed by atoms with E-state index in [0.717, 1.165) is 10.5 Å². The number of rotatable bonds is 10. The molecule has 2 rings (SSSR count). The van der Waals surface area contributed by atoms with Crippen molar-refractivity contribution in [3.05, 3.63) is 35.9 Å². The second-order valence-electron chi connectivity index (χ2n) is 7.79. The molecular weight excluding hydrogens is 418 g/mol. The van der Waals surface area contributed by atoms with E-state index >= 15 is 0 Å². The van der Waals surface area contributed by atoms with Gasteiger partial charge < -0.3 is 32.1 Å². The molecule has 32 heavy (non-hydrogen) atoms. The molecule has 1 aromatic carbocycles. The van der Waals surface area contributed by atoms with Crippen molar-refractivity contribution < 1.29 is 29.1 Å². The summed E-state index contributed by atoms with van der Waals surface area (Å²) in [7, 11) is 0. The predicted octanol–water partition coefficient (Wildman–Crippen LogP) is -1.50. The number of hydrogen-bond donors (Lipinski definition) is 5. The second kappa shape index (κ2) is 11.2. The summed E-state index contributed by atoms with van der Waals surface area (Å²) in [6.07, 6.45) is 0.548. The van der Waals surface area contributed by atoms with Gasteiger partial charge in [0.1, 0.15) is 18.1 Å². The van der Waals surface area contributed by atoms with Gasteiger partial charge in [0.15, 0.2) is 0 Å². The Morgan fingerprint density at radius 1 is 1.12 bits per heavy atom. The zero-order valence-corrected chi connectivity index (χ0v) is 17.8. The molecule has 4 amide bonds. The van der Waals surface area contributed by atoms with Gasteiger partial charge in [0.2, 0.25) is 23.6 Å². The number of benzene rings is 1. The van der Waals surface area contributed by atoms with E-state index in [1.807, 2.05) is 30.3 Å². The summed E-state index contributed by atoms with van der Waals surface area (Å²) in [6, 6.07) is 4.82. The lowest BCUT2D eigenvalue weighted by Crippen LogP contribution is -2.57. The Balaban J connectivity index is 1.99. The normalized spacial score (nSPS) is 18.3. The van der Waals surface area contributed by atoms with Crippen molar-refractivity contribution in [2.24, 2.45) is 11.5 Å². The molecule has 0 aromatic heterocycles. The number of hydrogen-bond acceptors (Lipinski definition) is 6. The number of nitrogens with zero attached hydrogens (tertiary/aromatic N) is 1. The van der Waals surface area contributed by atoms with Gasteiger partial charge in [-0.05, 0) is 31.7 Å². The first-order valence-corrected chi connectivity index (χ1v) is 10.3. The fraction of sp³-hybridized carbons (Fsp3) is 0.476. The van der Waals surface area contributed by atoms with Gasteiger partial charge in [0.05, 0.1) is 12.5 Å². The van der Waals surface area contributed by atoms with E-state index in [1.54, 1.807) is 0 Å². The first-order chi connectivity index (χ1) is 15.1. The third kappa shape index (κ3) is 6.77. The van der Waals surface area contributed by atoms with Crippen LogP contribution in [0, 0.1) is 0 Å². The molecule has 1 aliphatic heterocycles. The summed E-state index contributed by atoms with van der Waals surface area (Å²) in [5, 5.41) is 14.2. The molecule has 1 aromatic rings. The highest BCUT2D eigenvalue weighted by Crippen LogP contribution is 2.19. The third-order valence-electron chi connectivity index (χ3n) is 5.23. The van der Waals surface area contributed by atoms with Crippen LogP contribution in [0.3, 0.4) is 0 Å². The molecule has 0 aliphatic carbocycles. The molecule has 4 atom stereocenters. The number of carbonyl (C=O) groups is 5. The average Bonchev–Trinajstić information content (AvgIpc) is 3.23. The van der Waals surface area contributed by atoms with Crippen LogP contribution in [0.2, 0.25) is 0 Å². The first-order valence-electron chi connectivity index (χ1n) is 10.3. The molecule has 7 N–H and O–H groups in total. The number of likely N-dealkylation sites (tertiary alicyclic amines) is 1. The van der Waals surface area contributed by atoms with Crippen molar-refractivity contribution in [3.63, 3.8) is 0 Å². The molecule has 4 unspecified atom stereocenters. The van der Waals surface area contributed by atoms with E-state index in [9.17, 15) is 29.1 Å². The molecule has 11 heteroatoms. The summed E-state index contributed by atoms with van der Waals surface area (Å²) in [5.74, 6) is -3.98. The molecule has 1 aliphatic rings. The smallest absolute Gasteiger partial charge is 0.326 e. The minimum atomic E-state index is -1.34. The van der Waals surface area contributed by atoms with Gasteiger partial charge >= 0.3 is 5.97 Å². The Morgan fingerprint density at radius 2 is 1.78 bits per heavy atom. The van der Waals surface area contributed by atoms with E-state index in [1.165, 1.54) is 6.92 Å². The van der Waals surface area contributed by atoms with Crippen molar-refractivity contribution in [1.82, 2.24) is 15.5 Å². The lowest BCUT2D eigenvalue weighted by atomic mass is 10.1. The van der Waals surface area contributed by atoms with Crippen molar-refractivity contribution in [1.29, 1.82) is 0 Å². The van der Waals surface area contributed by atoms with Gasteiger partial charge in [-0.15, -0.1) is 0 Å². The van der Waals surface area contributed by atoms with Crippen LogP contribution in [0.4, 0.5) is 0 Å². The largest absolute Gasteiger partial charge is 0.480 e. The maximum atomic E-state index is 12.8. The SMILES string of the molecule is CC(NC(=O)C(N)Cc1ccccc1)C(=O)NC(CC(N)=O)C(=O)N1CCCC1C(=O)O. The van der Waals surface area contributed by atoms with E-state index in [2.05, 4.69) is 10.6 Å². The highest BCUT2D eigenvalue weighted by molar-refractivity contribution is 5.96. The Kier molecular flexibility index (Phi) is 8.71. The summed E-state index contributed by atoms with van der Waals surface area (Å²) in [4.78, 5) is 61.7. The highest BCUT2D eigenvalue weighted by atomic mass is 16.4. The van der Waals surface area contributed by atoms with Crippen LogP contribution in [0.1, 0.15) is 31.7 Å². The molecule has 0 saturated carbocycles. The summed E-state index contributed by atoms with van der Waals surface area (Å²) >= 11 is 0. The topological polar surface area (TPSA) is 185 Å². The Bertz CT molecular complexity index is 861. The summed E-state index contributed by atoms with van der Waals surface area (Å²) in [5.41, 5.74) is 12.0. The summed E-state index contributed by atoms with van der Waals surface area (Å²) in [6.45, 7) is 1.60. The third-order valence-corrected chi connectivity index (χ3v) is 5.23. The van der Waals surface area contributed by atoms with Gasteiger partial charge in [0, 0.05) is 6.54 Å². The standard InChI is InChI=1S/C21H29N5O6/c1-12(24-19(29)14(22)10-13-6-3-2-4-7-13)18(28)25-15(11-17(23)27)20(30)26-9-5-8-16(26)21(31)32/h2-4,6-7,12,14-16H,5,8-11,22H2,1H3,(H2,23,27)(H,24,29)(H,25,28)(H,31,32). The van der Waals surface area contributed by atoms with Crippen molar-refractivity contribution in [2.75, 3.05) is 6.54 Å². The van der Waals surface area contributed by atoms with E-state index in [-0.39, 0.29) is 19.4 Å². The quantitative estimate of drug-likeness (QED) is 0.289. The van der Waals surface area contributed by atoms with Gasteiger partial charge in [-0.25, -0.2) is 4.79 Å². The number of amides is 4. The van der Waals surface area contributed by atoms with E-state index in [0.29, 0.717) is 6.42 Å². The minimum absolute atomic E-state index is 0.196. The Hall–Kier alpha value is -3.47. The minimum Gasteiger partial charge on any atom is -0.480 e. The van der Waals surface area contributed by atoms with Crippen molar-refractivity contribution in [3.8, 4) is 0 Å². The maximum Gasteiger partial charge on any atom is 0.326 e. The lowest BCUT2D eigenvalue weighted by molar-refractivity contribution is -0.149. The average molecular weight is 447 g/mol. The molecular formula is C21H29N5O6. The fourth-order valence-electron chi connectivity index (χ4n) is 3.53. The first kappa shape index (κ1) is 24.8. The number of carbonyl (C=O) groups excluding carboxylic acids is 4. The lowest BCUT2D eigenvalue weighted by Gasteiger charge is -2.27. The van der Waals surface area contributed by atoms with Crippen LogP contribution >= 0.6 is 0 Å². The number of carboxylic acid groups (broad SMARTS) is 1. The van der Waals surface area contributed by atoms with Crippen LogP contribution < -0.4 is 22.1 Å². The van der Waals surface area contributed by atoms with Gasteiger partial charge in [-0.1, -0.05) is 30.3 Å². The second-order valence-corrected chi connectivity index (χ2v) is 7.79. The van der Waals surface area contributed by atoms with Crippen LogP contribution in [-0.4, -0.2) is 70.3 Å². The molecule has 0 radical (unpaired) electrons. The summed E-state index contributed by atoms with van der Waals surface area (Å²) < 4.78 is 0. The van der Waals surface area contributed by atoms with Crippen LogP contribution in [0.5, 0.6) is 0 Å². The molecule has 174 valence electrons. The van der Waals surface area contributed by atoms with Crippen LogP contribution in [0.25, 0.3) is 0 Å². The molecule has 0 bridgehead atoms. The molecule has 11 nitrogen and oxygen atoms in total. The van der Waals surface area contributed by atoms with Gasteiger partial charge in [-0.3, -0.25) is 19.2 Å². The zero-order valence-electron chi connectivity index (χ0n) is 17.8. The number of aliphatic carboxylic acids is 1. The molecule has 1 heterocycles. The maximum absolute atomic E-state index is 12.8. The number of nitrogens with two attached hydrogens (primary N) is 2. The monoisotopic (exact) mass is 447 g/mol. The predicted molar refractivity (Wildman–Crippen MR) is 114 cm³/mol. The van der Waals surface area contributed by atoms with Crippen LogP contribution in [0.15, 0.2) is 30.3 Å². The van der Waals surface area contributed by atoms with Crippen molar-refractivity contribution >= 4 is 29.6 Å². The Morgan fingerprint density at radius 3 is 2.38 bits per heavy atom. The van der Waals surface area contributed by atoms with E-state index in [4.69, 9.17) is 11.5 Å². The van der Waals surface area contributed by atoms with Gasteiger partial charge in [0.25, 0.3) is 0 Å². The van der Waals surface area contributed by atoms with Crippen molar-refractivity contribution in [2.45, 2.75) is 56.8 Å². The molecule has 1 fully saturated rings. The fourth-order valence-corrected chi connectivity index (χ4v) is 3.53. The highest BCUT2D eigenvalue weighted by Gasteiger charge is 2.38. The zero-order chi connectivity index (χ0) is 23.8. The van der Waals surface area contributed by atoms with E-state index < -0.39 is 60.2 Å². The number of primary amides is 1. The number of nitrogens with one attached hydrogen (secondary N) is 2. The Labute approximate surface area is 185 Å². The molecule has 1 saturated heterocycles. The molecule has 0 spiro atoms. The number of carboxylic acids is 1. The van der Waals surface area contributed by atoms with Gasteiger partial charge in [-0.2, -0.15) is 0 Å².